The van der Waals surface area contributed by atoms with Crippen LogP contribution in [0.1, 0.15) is 23.0 Å². The van der Waals surface area contributed by atoms with Crippen LogP contribution in [0.4, 0.5) is 0 Å². The number of methoxy groups -OCH3 is 1. The van der Waals surface area contributed by atoms with Crippen LogP contribution < -0.4 is 4.74 Å². The first-order valence-electron chi connectivity index (χ1n) is 6.82. The zero-order valence-corrected chi connectivity index (χ0v) is 12.4. The minimum atomic E-state index is -1.02. The van der Waals surface area contributed by atoms with Gasteiger partial charge in [0.25, 0.3) is 0 Å². The van der Waals surface area contributed by atoms with Gasteiger partial charge >= 0.3 is 5.97 Å². The number of hydrogen-bond acceptors (Lipinski definition) is 4. The predicted molar refractivity (Wildman–Crippen MR) is 83.8 cm³/mol. The highest BCUT2D eigenvalue weighted by atomic mass is 16.5. The van der Waals surface area contributed by atoms with E-state index in [4.69, 9.17) is 9.47 Å². The number of pyridine rings is 1. The molecular formula is C17H17NO4. The molecule has 2 rings (SSSR count). The molecular weight excluding hydrogens is 282 g/mol. The number of nitrogens with zero attached hydrogens (tertiary/aromatic N) is 1. The van der Waals surface area contributed by atoms with Gasteiger partial charge in [-0.3, -0.25) is 0 Å². The summed E-state index contributed by atoms with van der Waals surface area (Å²) in [5, 5.41) is 9.22. The molecule has 114 valence electrons. The van der Waals surface area contributed by atoms with Crippen LogP contribution in [0, 0.1) is 0 Å². The molecule has 0 spiro atoms. The Morgan fingerprint density at radius 1 is 1.23 bits per heavy atom. The van der Waals surface area contributed by atoms with Gasteiger partial charge < -0.3 is 14.6 Å². The van der Waals surface area contributed by atoms with E-state index in [0.29, 0.717) is 18.0 Å². The van der Waals surface area contributed by atoms with Crippen molar-refractivity contribution in [3.8, 4) is 17.0 Å². The topological polar surface area (TPSA) is 68.7 Å². The molecule has 0 unspecified atom stereocenters. The molecule has 0 aliphatic carbocycles. The Balaban J connectivity index is 2.40. The molecule has 1 aromatic heterocycles. The third-order valence-corrected chi connectivity index (χ3v) is 3.03. The summed E-state index contributed by atoms with van der Waals surface area (Å²) in [5.74, 6) is -0.271. The number of aromatic nitrogens is 1. The highest BCUT2D eigenvalue weighted by Crippen LogP contribution is 2.22. The lowest BCUT2D eigenvalue weighted by Gasteiger charge is -2.06. The van der Waals surface area contributed by atoms with Crippen LogP contribution >= 0.6 is 0 Å². The Labute approximate surface area is 128 Å². The van der Waals surface area contributed by atoms with Crippen molar-refractivity contribution in [2.75, 3.05) is 13.7 Å². The Morgan fingerprint density at radius 3 is 2.55 bits per heavy atom. The fourth-order valence-corrected chi connectivity index (χ4v) is 1.91. The molecule has 2 aromatic rings. The Bertz CT molecular complexity index is 678. The van der Waals surface area contributed by atoms with Gasteiger partial charge in [-0.25, -0.2) is 9.78 Å². The number of benzene rings is 1. The van der Waals surface area contributed by atoms with E-state index in [1.54, 1.807) is 25.3 Å². The second-order valence-corrected chi connectivity index (χ2v) is 4.42. The summed E-state index contributed by atoms with van der Waals surface area (Å²) in [6, 6.07) is 10.6. The van der Waals surface area contributed by atoms with Gasteiger partial charge in [-0.1, -0.05) is 0 Å². The van der Waals surface area contributed by atoms with Crippen LogP contribution in [0.2, 0.25) is 0 Å². The second-order valence-electron chi connectivity index (χ2n) is 4.42. The van der Waals surface area contributed by atoms with E-state index in [9.17, 15) is 9.90 Å². The van der Waals surface area contributed by atoms with Gasteiger partial charge in [0.2, 0.25) is 0 Å². The maximum atomic E-state index is 11.3. The van der Waals surface area contributed by atoms with Gasteiger partial charge in [0.05, 0.1) is 36.9 Å². The van der Waals surface area contributed by atoms with Crippen LogP contribution in [0.15, 0.2) is 42.7 Å². The first kappa shape index (κ1) is 15.6. The molecule has 1 heterocycles. The van der Waals surface area contributed by atoms with Crippen molar-refractivity contribution in [3.05, 3.63) is 53.9 Å². The summed E-state index contributed by atoms with van der Waals surface area (Å²) in [6.07, 6.45) is 3.01. The number of aromatic carboxylic acids is 1. The Kier molecular flexibility index (Phi) is 5.14. The van der Waals surface area contributed by atoms with E-state index in [-0.39, 0.29) is 5.56 Å². The summed E-state index contributed by atoms with van der Waals surface area (Å²) >= 11 is 0. The van der Waals surface area contributed by atoms with Crippen molar-refractivity contribution in [2.24, 2.45) is 0 Å². The average molecular weight is 299 g/mol. The summed E-state index contributed by atoms with van der Waals surface area (Å²) in [6.45, 7) is 2.36. The lowest BCUT2D eigenvalue weighted by Crippen LogP contribution is -2.02. The zero-order chi connectivity index (χ0) is 15.9. The van der Waals surface area contributed by atoms with Gasteiger partial charge in [0, 0.05) is 5.56 Å². The molecule has 1 N–H and O–H groups in total. The van der Waals surface area contributed by atoms with Crippen molar-refractivity contribution in [3.63, 3.8) is 0 Å². The van der Waals surface area contributed by atoms with E-state index in [1.165, 1.54) is 6.26 Å². The molecule has 0 bridgehead atoms. The van der Waals surface area contributed by atoms with E-state index < -0.39 is 5.97 Å². The molecule has 1 aromatic carbocycles. The van der Waals surface area contributed by atoms with Gasteiger partial charge in [0.1, 0.15) is 5.75 Å². The maximum absolute atomic E-state index is 11.3. The highest BCUT2D eigenvalue weighted by molar-refractivity contribution is 5.91. The van der Waals surface area contributed by atoms with Crippen LogP contribution in [0.3, 0.4) is 0 Å². The maximum Gasteiger partial charge on any atom is 0.337 e. The van der Waals surface area contributed by atoms with E-state index >= 15 is 0 Å². The van der Waals surface area contributed by atoms with Crippen molar-refractivity contribution in [1.29, 1.82) is 0 Å². The van der Waals surface area contributed by atoms with E-state index in [2.05, 4.69) is 4.98 Å². The van der Waals surface area contributed by atoms with Crippen LogP contribution in [0.5, 0.6) is 5.75 Å². The van der Waals surface area contributed by atoms with Crippen molar-refractivity contribution in [1.82, 2.24) is 4.98 Å². The molecule has 0 aliphatic rings. The zero-order valence-electron chi connectivity index (χ0n) is 12.4. The molecule has 0 fully saturated rings. The third-order valence-electron chi connectivity index (χ3n) is 3.03. The number of ether oxygens (including phenoxy) is 2. The predicted octanol–water partition coefficient (Wildman–Crippen LogP) is 3.46. The minimum Gasteiger partial charge on any atom is -0.501 e. The fraction of sp³-hybridized carbons (Fsp3) is 0.176. The molecule has 0 atom stereocenters. The quantitative estimate of drug-likeness (QED) is 0.827. The van der Waals surface area contributed by atoms with Crippen LogP contribution in [-0.2, 0) is 4.74 Å². The van der Waals surface area contributed by atoms with Crippen LogP contribution in [-0.4, -0.2) is 29.8 Å². The summed E-state index contributed by atoms with van der Waals surface area (Å²) < 4.78 is 10.2. The fourth-order valence-electron chi connectivity index (χ4n) is 1.91. The number of carboxylic acid groups (broad SMARTS) is 1. The highest BCUT2D eigenvalue weighted by Gasteiger charge is 2.11. The molecule has 5 heteroatoms. The van der Waals surface area contributed by atoms with Crippen LogP contribution in [0.25, 0.3) is 17.3 Å². The normalized spacial score (nSPS) is 10.6. The molecule has 5 nitrogen and oxygen atoms in total. The third kappa shape index (κ3) is 3.63. The van der Waals surface area contributed by atoms with Gasteiger partial charge in [-0.05, 0) is 49.4 Å². The van der Waals surface area contributed by atoms with Crippen molar-refractivity contribution >= 4 is 12.0 Å². The first-order chi connectivity index (χ1) is 10.7. The van der Waals surface area contributed by atoms with E-state index in [1.807, 2.05) is 31.2 Å². The monoisotopic (exact) mass is 299 g/mol. The lowest BCUT2D eigenvalue weighted by atomic mass is 10.1. The number of hydrogen-bond donors (Lipinski definition) is 1. The van der Waals surface area contributed by atoms with Gasteiger partial charge in [-0.15, -0.1) is 0 Å². The number of carboxylic acids is 1. The minimum absolute atomic E-state index is 0.133. The van der Waals surface area contributed by atoms with Gasteiger partial charge in [0.15, 0.2) is 0 Å². The SMILES string of the molecule is CCO/C=C/c1nc(-c2ccc(OC)cc2)ccc1C(=O)O. The summed E-state index contributed by atoms with van der Waals surface area (Å²) in [4.78, 5) is 15.7. The molecule has 0 aliphatic heterocycles. The van der Waals surface area contributed by atoms with Gasteiger partial charge in [-0.2, -0.15) is 0 Å². The molecule has 22 heavy (non-hydrogen) atoms. The first-order valence-corrected chi connectivity index (χ1v) is 6.82. The summed E-state index contributed by atoms with van der Waals surface area (Å²) in [7, 11) is 1.60. The molecule has 0 amide bonds. The standard InChI is InChI=1S/C17H17NO4/c1-3-22-11-10-16-14(17(19)20)8-9-15(18-16)12-4-6-13(21-2)7-5-12/h4-11H,3H2,1-2H3,(H,19,20)/b11-10+. The Hall–Kier alpha value is -2.82. The lowest BCUT2D eigenvalue weighted by molar-refractivity contribution is 0.0696. The van der Waals surface area contributed by atoms with E-state index in [0.717, 1.165) is 11.3 Å². The smallest absolute Gasteiger partial charge is 0.337 e. The van der Waals surface area contributed by atoms with Crippen molar-refractivity contribution < 1.29 is 19.4 Å². The Morgan fingerprint density at radius 2 is 1.95 bits per heavy atom. The largest absolute Gasteiger partial charge is 0.501 e. The summed E-state index contributed by atoms with van der Waals surface area (Å²) in [5.41, 5.74) is 2.05. The number of carbonyl (C=O) groups is 1. The molecule has 0 saturated heterocycles. The number of rotatable bonds is 6. The average Bonchev–Trinajstić information content (AvgIpc) is 2.55. The molecule has 0 saturated carbocycles. The van der Waals surface area contributed by atoms with Crippen molar-refractivity contribution in [2.45, 2.75) is 6.92 Å². The second kappa shape index (κ2) is 7.26. The molecule has 0 radical (unpaired) electrons.